The van der Waals surface area contributed by atoms with Gasteiger partial charge in [-0.2, -0.15) is 0 Å². The Hall–Kier alpha value is -3.87. The fourth-order valence-electron chi connectivity index (χ4n) is 4.52. The summed E-state index contributed by atoms with van der Waals surface area (Å²) in [5.74, 6) is 3.03. The van der Waals surface area contributed by atoms with Crippen molar-refractivity contribution in [1.82, 2.24) is 15.0 Å². The van der Waals surface area contributed by atoms with Crippen molar-refractivity contribution in [3.63, 3.8) is 0 Å². The molecule has 2 aliphatic heterocycles. The van der Waals surface area contributed by atoms with Gasteiger partial charge >= 0.3 is 0 Å². The van der Waals surface area contributed by atoms with E-state index < -0.39 is 0 Å². The Morgan fingerprint density at radius 3 is 2.91 bits per heavy atom. The first-order chi connectivity index (χ1) is 15.6. The molecule has 0 aliphatic carbocycles. The van der Waals surface area contributed by atoms with Crippen LogP contribution >= 0.6 is 0 Å². The number of aromatic nitrogens is 3. The third-order valence-electron chi connectivity index (χ3n) is 6.21. The second kappa shape index (κ2) is 7.37. The number of hydrogen-bond acceptors (Lipinski definition) is 5. The van der Waals surface area contributed by atoms with Gasteiger partial charge in [-0.3, -0.25) is 4.79 Å². The predicted octanol–water partition coefficient (Wildman–Crippen LogP) is 4.51. The van der Waals surface area contributed by atoms with E-state index in [2.05, 4.69) is 57.4 Å². The Bertz CT molecular complexity index is 1360. The van der Waals surface area contributed by atoms with Crippen LogP contribution in [-0.4, -0.2) is 27.4 Å². The maximum Gasteiger partial charge on any atom is 0.225 e. The molecule has 2 aliphatic rings. The molecule has 4 aromatic rings. The molecule has 2 aromatic heterocycles. The molecule has 1 amide bonds. The topological polar surface area (TPSA) is 83.1 Å². The summed E-state index contributed by atoms with van der Waals surface area (Å²) < 4.78 is 6.25. The lowest BCUT2D eigenvalue weighted by molar-refractivity contribution is -0.116. The molecule has 160 valence electrons. The smallest absolute Gasteiger partial charge is 0.225 e. The maximum atomic E-state index is 11.7. The molecule has 4 heterocycles. The molecule has 0 unspecified atom stereocenters. The minimum absolute atomic E-state index is 0.00299. The predicted molar refractivity (Wildman–Crippen MR) is 123 cm³/mol. The van der Waals surface area contributed by atoms with E-state index in [1.165, 1.54) is 16.7 Å². The van der Waals surface area contributed by atoms with Gasteiger partial charge in [0.05, 0.1) is 11.0 Å². The van der Waals surface area contributed by atoms with Crippen molar-refractivity contribution in [3.8, 4) is 11.5 Å². The van der Waals surface area contributed by atoms with Crippen LogP contribution in [0.5, 0.6) is 11.5 Å². The number of amides is 1. The number of carbonyl (C=O) groups excluding carboxylic acids is 1. The number of H-pyrrole nitrogens is 1. The molecule has 2 aromatic carbocycles. The minimum atomic E-state index is -0.00299. The van der Waals surface area contributed by atoms with Crippen LogP contribution in [0.25, 0.3) is 11.0 Å². The van der Waals surface area contributed by atoms with Crippen LogP contribution in [-0.2, 0) is 24.2 Å². The number of rotatable bonds is 3. The summed E-state index contributed by atoms with van der Waals surface area (Å²) in [6, 6.07) is 14.4. The number of imidazole rings is 1. The average Bonchev–Trinajstić information content (AvgIpc) is 3.22. The Morgan fingerprint density at radius 2 is 1.97 bits per heavy atom. The van der Waals surface area contributed by atoms with Gasteiger partial charge in [-0.15, -0.1) is 0 Å². The number of nitrogens with zero attached hydrogens (tertiary/aromatic N) is 3. The number of carbonyl (C=O) groups is 1. The molecule has 0 bridgehead atoms. The zero-order valence-electron chi connectivity index (χ0n) is 17.8. The van der Waals surface area contributed by atoms with Crippen molar-refractivity contribution in [2.24, 2.45) is 0 Å². The minimum Gasteiger partial charge on any atom is -0.457 e. The van der Waals surface area contributed by atoms with Crippen LogP contribution < -0.4 is 15.0 Å². The second-order valence-electron chi connectivity index (χ2n) is 8.47. The SMILES string of the molecule is Cc1ccc2nc(N3CCc4ccc(Oc5ccnc6c5CCC(=O)N6)cc4C3)[nH]c2c1. The molecule has 0 atom stereocenters. The van der Waals surface area contributed by atoms with Crippen LogP contribution in [0.2, 0.25) is 0 Å². The van der Waals surface area contributed by atoms with Gasteiger partial charge in [0, 0.05) is 31.3 Å². The third kappa shape index (κ3) is 3.36. The van der Waals surface area contributed by atoms with Crippen LogP contribution in [0.4, 0.5) is 11.8 Å². The van der Waals surface area contributed by atoms with Crippen molar-refractivity contribution >= 4 is 28.7 Å². The summed E-state index contributed by atoms with van der Waals surface area (Å²) in [5, 5.41) is 2.83. The Labute approximate surface area is 185 Å². The standard InChI is InChI=1S/C25H23N5O2/c1-15-2-6-20-21(12-15)28-25(27-20)30-11-9-16-3-4-18(13-17(16)14-30)32-22-8-10-26-24-19(22)5-7-23(31)29-24/h2-4,6,8,10,12-13H,5,7,9,11,14H2,1H3,(H,27,28)(H,26,29,31). The van der Waals surface area contributed by atoms with Gasteiger partial charge in [0.25, 0.3) is 0 Å². The summed E-state index contributed by atoms with van der Waals surface area (Å²) in [6.45, 7) is 3.78. The Balaban J connectivity index is 1.26. The van der Waals surface area contributed by atoms with Gasteiger partial charge in [-0.05, 0) is 66.8 Å². The maximum absolute atomic E-state index is 11.7. The lowest BCUT2D eigenvalue weighted by Crippen LogP contribution is -2.31. The Morgan fingerprint density at radius 1 is 1.03 bits per heavy atom. The summed E-state index contributed by atoms with van der Waals surface area (Å²) >= 11 is 0. The van der Waals surface area contributed by atoms with Gasteiger partial charge in [0.1, 0.15) is 17.3 Å². The monoisotopic (exact) mass is 425 g/mol. The van der Waals surface area contributed by atoms with E-state index >= 15 is 0 Å². The average molecular weight is 425 g/mol. The largest absolute Gasteiger partial charge is 0.457 e. The quantitative estimate of drug-likeness (QED) is 0.505. The molecule has 0 saturated carbocycles. The van der Waals surface area contributed by atoms with E-state index in [1.54, 1.807) is 6.20 Å². The van der Waals surface area contributed by atoms with Gasteiger partial charge in [0.15, 0.2) is 0 Å². The fraction of sp³-hybridized carbons (Fsp3) is 0.240. The first-order valence-corrected chi connectivity index (χ1v) is 10.9. The summed E-state index contributed by atoms with van der Waals surface area (Å²) in [7, 11) is 0. The zero-order valence-corrected chi connectivity index (χ0v) is 17.8. The van der Waals surface area contributed by atoms with Crippen LogP contribution in [0, 0.1) is 6.92 Å². The molecule has 7 heteroatoms. The van der Waals surface area contributed by atoms with E-state index in [1.807, 2.05) is 12.1 Å². The number of ether oxygens (including phenoxy) is 1. The number of fused-ring (bicyclic) bond motifs is 3. The molecular formula is C25H23N5O2. The van der Waals surface area contributed by atoms with Crippen LogP contribution in [0.1, 0.15) is 28.7 Å². The number of hydrogen-bond donors (Lipinski definition) is 2. The van der Waals surface area contributed by atoms with E-state index in [0.717, 1.165) is 53.6 Å². The van der Waals surface area contributed by atoms with E-state index in [-0.39, 0.29) is 5.91 Å². The molecule has 0 fully saturated rings. The van der Waals surface area contributed by atoms with Gasteiger partial charge in [0.2, 0.25) is 11.9 Å². The molecular weight excluding hydrogens is 402 g/mol. The first kappa shape index (κ1) is 18.9. The number of anilines is 2. The first-order valence-electron chi connectivity index (χ1n) is 10.9. The van der Waals surface area contributed by atoms with E-state index in [9.17, 15) is 4.79 Å². The third-order valence-corrected chi connectivity index (χ3v) is 6.21. The summed E-state index contributed by atoms with van der Waals surface area (Å²) in [6.07, 6.45) is 3.71. The molecule has 7 nitrogen and oxygen atoms in total. The van der Waals surface area contributed by atoms with Crippen LogP contribution in [0.15, 0.2) is 48.7 Å². The van der Waals surface area contributed by atoms with Crippen molar-refractivity contribution < 1.29 is 9.53 Å². The molecule has 2 N–H and O–H groups in total. The highest BCUT2D eigenvalue weighted by Gasteiger charge is 2.22. The number of pyridine rings is 1. The van der Waals surface area contributed by atoms with Crippen LogP contribution in [0.3, 0.4) is 0 Å². The summed E-state index contributed by atoms with van der Waals surface area (Å²) in [5.41, 5.74) is 6.80. The zero-order chi connectivity index (χ0) is 21.7. The van der Waals surface area contributed by atoms with Gasteiger partial charge in [-0.25, -0.2) is 9.97 Å². The Kier molecular flexibility index (Phi) is 4.35. The molecule has 0 saturated heterocycles. The number of aromatic amines is 1. The van der Waals surface area contributed by atoms with Crippen molar-refractivity contribution in [2.45, 2.75) is 32.7 Å². The van der Waals surface area contributed by atoms with E-state index in [0.29, 0.717) is 18.7 Å². The van der Waals surface area contributed by atoms with Crippen molar-refractivity contribution in [1.29, 1.82) is 0 Å². The lowest BCUT2D eigenvalue weighted by Gasteiger charge is -2.29. The fourth-order valence-corrected chi connectivity index (χ4v) is 4.52. The second-order valence-corrected chi connectivity index (χ2v) is 8.47. The van der Waals surface area contributed by atoms with Gasteiger partial charge in [-0.1, -0.05) is 12.1 Å². The lowest BCUT2D eigenvalue weighted by atomic mass is 9.99. The van der Waals surface area contributed by atoms with Crippen molar-refractivity contribution in [2.75, 3.05) is 16.8 Å². The van der Waals surface area contributed by atoms with Gasteiger partial charge < -0.3 is 19.9 Å². The molecule has 6 rings (SSSR count). The summed E-state index contributed by atoms with van der Waals surface area (Å²) in [4.78, 5) is 26.5. The normalized spacial score (nSPS) is 15.3. The number of aryl methyl sites for hydroxylation is 1. The number of nitrogens with one attached hydrogen (secondary N) is 2. The molecule has 0 spiro atoms. The highest BCUT2D eigenvalue weighted by Crippen LogP contribution is 2.34. The van der Waals surface area contributed by atoms with E-state index in [4.69, 9.17) is 9.72 Å². The highest BCUT2D eigenvalue weighted by molar-refractivity contribution is 5.93. The number of benzene rings is 2. The molecule has 0 radical (unpaired) electrons. The van der Waals surface area contributed by atoms with Crippen molar-refractivity contribution in [3.05, 3.63) is 70.9 Å². The molecule has 32 heavy (non-hydrogen) atoms. The highest BCUT2D eigenvalue weighted by atomic mass is 16.5.